The highest BCUT2D eigenvalue weighted by atomic mass is 19.1. The van der Waals surface area contributed by atoms with E-state index in [9.17, 15) is 13.6 Å². The number of aromatic nitrogens is 3. The SMILES string of the molecule is CC(NC(=O)OC(C)(C)C)c1nc2ccc(F)cc2n1-c1ncccc1F. The van der Waals surface area contributed by atoms with Crippen LogP contribution in [0.15, 0.2) is 36.5 Å². The third-order valence-electron chi connectivity index (χ3n) is 3.71. The second kappa shape index (κ2) is 6.94. The first-order chi connectivity index (χ1) is 12.7. The number of ether oxygens (including phenoxy) is 1. The van der Waals surface area contributed by atoms with E-state index in [1.807, 2.05) is 0 Å². The van der Waals surface area contributed by atoms with Crippen LogP contribution in [0.3, 0.4) is 0 Å². The molecular weight excluding hydrogens is 354 g/mol. The summed E-state index contributed by atoms with van der Waals surface area (Å²) in [7, 11) is 0. The van der Waals surface area contributed by atoms with Gasteiger partial charge in [-0.1, -0.05) is 0 Å². The highest BCUT2D eigenvalue weighted by molar-refractivity contribution is 5.78. The predicted molar refractivity (Wildman–Crippen MR) is 96.6 cm³/mol. The predicted octanol–water partition coefficient (Wildman–Crippen LogP) is 4.28. The van der Waals surface area contributed by atoms with Gasteiger partial charge in [0.2, 0.25) is 0 Å². The van der Waals surface area contributed by atoms with Crippen LogP contribution < -0.4 is 5.32 Å². The van der Waals surface area contributed by atoms with Gasteiger partial charge in [0.05, 0.1) is 17.1 Å². The lowest BCUT2D eigenvalue weighted by atomic mass is 10.2. The summed E-state index contributed by atoms with van der Waals surface area (Å²) in [6.07, 6.45) is 0.792. The molecule has 27 heavy (non-hydrogen) atoms. The lowest BCUT2D eigenvalue weighted by molar-refractivity contribution is 0.0505. The molecule has 1 unspecified atom stereocenters. The van der Waals surface area contributed by atoms with Gasteiger partial charge in [-0.3, -0.25) is 4.57 Å². The van der Waals surface area contributed by atoms with Gasteiger partial charge in [0, 0.05) is 12.3 Å². The zero-order valence-electron chi connectivity index (χ0n) is 15.5. The Labute approximate surface area is 155 Å². The highest BCUT2D eigenvalue weighted by Gasteiger charge is 2.24. The average Bonchev–Trinajstić information content (AvgIpc) is 2.92. The Morgan fingerprint density at radius 2 is 2.00 bits per heavy atom. The number of hydrogen-bond donors (Lipinski definition) is 1. The summed E-state index contributed by atoms with van der Waals surface area (Å²) in [5.41, 5.74) is 0.134. The largest absolute Gasteiger partial charge is 0.444 e. The van der Waals surface area contributed by atoms with Crippen molar-refractivity contribution in [2.45, 2.75) is 39.3 Å². The topological polar surface area (TPSA) is 69.0 Å². The maximum atomic E-state index is 14.4. The van der Waals surface area contributed by atoms with Crippen LogP contribution in [0.4, 0.5) is 13.6 Å². The molecule has 1 N–H and O–H groups in total. The summed E-state index contributed by atoms with van der Waals surface area (Å²) in [6, 6.07) is 6.08. The molecule has 1 amide bonds. The number of carbonyl (C=O) groups is 1. The maximum absolute atomic E-state index is 14.4. The summed E-state index contributed by atoms with van der Waals surface area (Å²) in [4.78, 5) is 20.6. The van der Waals surface area contributed by atoms with E-state index in [-0.39, 0.29) is 5.82 Å². The molecule has 1 aromatic carbocycles. The van der Waals surface area contributed by atoms with Gasteiger partial charge < -0.3 is 10.1 Å². The number of pyridine rings is 1. The first-order valence-electron chi connectivity index (χ1n) is 8.44. The number of carbonyl (C=O) groups excluding carboxylic acids is 1. The molecule has 6 nitrogen and oxygen atoms in total. The number of imidazole rings is 1. The van der Waals surface area contributed by atoms with Crippen LogP contribution in [0.5, 0.6) is 0 Å². The monoisotopic (exact) mass is 374 g/mol. The van der Waals surface area contributed by atoms with Gasteiger partial charge in [-0.05, 0) is 52.0 Å². The molecule has 2 heterocycles. The van der Waals surface area contributed by atoms with Gasteiger partial charge in [-0.15, -0.1) is 0 Å². The Morgan fingerprint density at radius 1 is 1.26 bits per heavy atom. The zero-order valence-corrected chi connectivity index (χ0v) is 15.5. The van der Waals surface area contributed by atoms with Gasteiger partial charge in [-0.25, -0.2) is 23.5 Å². The maximum Gasteiger partial charge on any atom is 0.408 e. The molecule has 1 atom stereocenters. The second-order valence-corrected chi connectivity index (χ2v) is 7.12. The minimum absolute atomic E-state index is 0.0292. The molecule has 0 aliphatic rings. The van der Waals surface area contributed by atoms with Crippen molar-refractivity contribution >= 4 is 17.1 Å². The third kappa shape index (κ3) is 4.05. The molecule has 3 rings (SSSR count). The van der Waals surface area contributed by atoms with E-state index in [0.29, 0.717) is 16.9 Å². The average molecular weight is 374 g/mol. The van der Waals surface area contributed by atoms with Crippen molar-refractivity contribution in [3.63, 3.8) is 0 Å². The fourth-order valence-corrected chi connectivity index (χ4v) is 2.67. The molecule has 0 aliphatic carbocycles. The van der Waals surface area contributed by atoms with Crippen molar-refractivity contribution in [2.24, 2.45) is 0 Å². The lowest BCUT2D eigenvalue weighted by Gasteiger charge is -2.22. The van der Waals surface area contributed by atoms with Crippen LogP contribution in [0.1, 0.15) is 39.6 Å². The quantitative estimate of drug-likeness (QED) is 0.743. The smallest absolute Gasteiger partial charge is 0.408 e. The van der Waals surface area contributed by atoms with Gasteiger partial charge in [0.15, 0.2) is 11.6 Å². The Bertz CT molecular complexity index is 995. The number of halogens is 2. The fourth-order valence-electron chi connectivity index (χ4n) is 2.67. The second-order valence-electron chi connectivity index (χ2n) is 7.12. The molecule has 142 valence electrons. The Morgan fingerprint density at radius 3 is 2.67 bits per heavy atom. The van der Waals surface area contributed by atoms with Crippen LogP contribution in [-0.2, 0) is 4.74 Å². The van der Waals surface area contributed by atoms with Crippen LogP contribution in [0.25, 0.3) is 16.9 Å². The lowest BCUT2D eigenvalue weighted by Crippen LogP contribution is -2.35. The molecule has 3 aromatic rings. The summed E-state index contributed by atoms with van der Waals surface area (Å²) in [5, 5.41) is 2.67. The number of benzene rings is 1. The van der Waals surface area contributed by atoms with Crippen LogP contribution in [-0.4, -0.2) is 26.2 Å². The Kier molecular flexibility index (Phi) is 4.82. The first-order valence-corrected chi connectivity index (χ1v) is 8.44. The van der Waals surface area contributed by atoms with Gasteiger partial charge in [0.25, 0.3) is 0 Å². The zero-order chi connectivity index (χ0) is 19.8. The number of hydrogen-bond acceptors (Lipinski definition) is 4. The van der Waals surface area contributed by atoms with E-state index < -0.39 is 29.4 Å². The fraction of sp³-hybridized carbons (Fsp3) is 0.316. The van der Waals surface area contributed by atoms with Crippen molar-refractivity contribution in [1.82, 2.24) is 19.9 Å². The molecule has 0 bridgehead atoms. The molecular formula is C19H20F2N4O2. The van der Waals surface area contributed by atoms with E-state index in [0.717, 1.165) is 0 Å². The summed E-state index contributed by atoms with van der Waals surface area (Å²) in [5.74, 6) is -0.802. The van der Waals surface area contributed by atoms with Crippen molar-refractivity contribution in [3.8, 4) is 5.82 Å². The summed E-state index contributed by atoms with van der Waals surface area (Å²) in [6.45, 7) is 6.93. The molecule has 0 fully saturated rings. The molecule has 0 saturated carbocycles. The first kappa shape index (κ1) is 18.8. The number of amides is 1. The number of fused-ring (bicyclic) bond motifs is 1. The van der Waals surface area contributed by atoms with Crippen LogP contribution in [0.2, 0.25) is 0 Å². The number of rotatable bonds is 3. The molecule has 2 aromatic heterocycles. The van der Waals surface area contributed by atoms with E-state index >= 15 is 0 Å². The van der Waals surface area contributed by atoms with Crippen LogP contribution >= 0.6 is 0 Å². The van der Waals surface area contributed by atoms with E-state index in [1.54, 1.807) is 27.7 Å². The van der Waals surface area contributed by atoms with Crippen molar-refractivity contribution in [2.75, 3.05) is 0 Å². The summed E-state index contributed by atoms with van der Waals surface area (Å²) < 4.78 is 34.8. The molecule has 0 radical (unpaired) electrons. The minimum atomic E-state index is -0.667. The normalized spacial score (nSPS) is 12.8. The van der Waals surface area contributed by atoms with Crippen molar-refractivity contribution in [1.29, 1.82) is 0 Å². The number of nitrogens with zero attached hydrogens (tertiary/aromatic N) is 3. The minimum Gasteiger partial charge on any atom is -0.444 e. The number of alkyl carbamates (subject to hydrolysis) is 1. The third-order valence-corrected chi connectivity index (χ3v) is 3.71. The van der Waals surface area contributed by atoms with Gasteiger partial charge in [0.1, 0.15) is 17.2 Å². The summed E-state index contributed by atoms with van der Waals surface area (Å²) >= 11 is 0. The molecule has 0 aliphatic heterocycles. The number of nitrogens with one attached hydrogen (secondary N) is 1. The van der Waals surface area contributed by atoms with E-state index in [1.165, 1.54) is 41.1 Å². The van der Waals surface area contributed by atoms with Gasteiger partial charge >= 0.3 is 6.09 Å². The van der Waals surface area contributed by atoms with E-state index in [2.05, 4.69) is 15.3 Å². The molecule has 8 heteroatoms. The standard InChI is InChI=1S/C19H20F2N4O2/c1-11(23-18(26)27-19(2,3)4)16-24-14-8-7-12(20)10-15(14)25(16)17-13(21)6-5-9-22-17/h5-11H,1-4H3,(H,23,26). The van der Waals surface area contributed by atoms with Crippen molar-refractivity contribution < 1.29 is 18.3 Å². The van der Waals surface area contributed by atoms with Crippen molar-refractivity contribution in [3.05, 3.63) is 54.0 Å². The highest BCUT2D eigenvalue weighted by Crippen LogP contribution is 2.26. The Balaban J connectivity index is 2.08. The Hall–Kier alpha value is -3.03. The van der Waals surface area contributed by atoms with Gasteiger partial charge in [-0.2, -0.15) is 0 Å². The van der Waals surface area contributed by atoms with Crippen LogP contribution in [0, 0.1) is 11.6 Å². The molecule has 0 saturated heterocycles. The van der Waals surface area contributed by atoms with E-state index in [4.69, 9.17) is 4.74 Å². The molecule has 0 spiro atoms.